The van der Waals surface area contributed by atoms with Crippen LogP contribution in [0.5, 0.6) is 5.19 Å². The second-order valence-electron chi connectivity index (χ2n) is 2.57. The molecular weight excluding hydrogens is 162 g/mol. The van der Waals surface area contributed by atoms with E-state index in [4.69, 9.17) is 9.84 Å². The molecule has 1 heterocycles. The molecule has 0 spiro atoms. The Morgan fingerprint density at radius 3 is 3.09 bits per heavy atom. The number of rotatable bonds is 3. The highest BCUT2D eigenvalue weighted by Gasteiger charge is 2.24. The average Bonchev–Trinajstić information content (AvgIpc) is 2.68. The molecule has 0 saturated heterocycles. The van der Waals surface area contributed by atoms with Crippen molar-refractivity contribution in [1.82, 2.24) is 4.98 Å². The molecule has 11 heavy (non-hydrogen) atoms. The molecule has 0 aliphatic heterocycles. The topological polar surface area (TPSA) is 42.4 Å². The molecule has 2 rings (SSSR count). The van der Waals surface area contributed by atoms with Gasteiger partial charge in [0, 0.05) is 6.20 Å². The van der Waals surface area contributed by atoms with Crippen LogP contribution in [0.25, 0.3) is 0 Å². The predicted octanol–water partition coefficient (Wildman–Crippen LogP) is 1.18. The Morgan fingerprint density at radius 2 is 2.55 bits per heavy atom. The molecule has 0 radical (unpaired) electrons. The molecule has 0 unspecified atom stereocenters. The molecule has 0 bridgehead atoms. The van der Waals surface area contributed by atoms with Crippen LogP contribution in [-0.4, -0.2) is 16.2 Å². The highest BCUT2D eigenvalue weighted by Crippen LogP contribution is 2.29. The van der Waals surface area contributed by atoms with Gasteiger partial charge in [-0.2, -0.15) is 0 Å². The van der Waals surface area contributed by atoms with Crippen molar-refractivity contribution < 1.29 is 9.84 Å². The number of aromatic nitrogens is 1. The van der Waals surface area contributed by atoms with Crippen LogP contribution >= 0.6 is 11.3 Å². The maximum Gasteiger partial charge on any atom is 0.273 e. The van der Waals surface area contributed by atoms with Crippen LogP contribution < -0.4 is 4.74 Å². The van der Waals surface area contributed by atoms with Crippen molar-refractivity contribution in [2.45, 2.75) is 25.6 Å². The third-order valence-electron chi connectivity index (χ3n) is 1.48. The molecule has 0 aromatic carbocycles. The van der Waals surface area contributed by atoms with Crippen molar-refractivity contribution in [2.75, 3.05) is 0 Å². The van der Waals surface area contributed by atoms with Crippen LogP contribution in [0.1, 0.15) is 17.7 Å². The molecular formula is C7H9NO2S. The fourth-order valence-corrected chi connectivity index (χ4v) is 1.43. The summed E-state index contributed by atoms with van der Waals surface area (Å²) < 4.78 is 5.40. The fraction of sp³-hybridized carbons (Fsp3) is 0.571. The van der Waals surface area contributed by atoms with Crippen molar-refractivity contribution >= 4 is 11.3 Å². The van der Waals surface area contributed by atoms with E-state index >= 15 is 0 Å². The van der Waals surface area contributed by atoms with E-state index in [0.717, 1.165) is 17.7 Å². The SMILES string of the molecule is OCc1cnc(OC2CC2)s1. The number of thiazole rings is 1. The molecule has 1 aromatic heterocycles. The van der Waals surface area contributed by atoms with Gasteiger partial charge in [0.15, 0.2) is 0 Å². The standard InChI is InChI=1S/C7H9NO2S/c9-4-6-3-8-7(11-6)10-5-1-2-5/h3,5,9H,1-2,4H2. The largest absolute Gasteiger partial charge is 0.467 e. The summed E-state index contributed by atoms with van der Waals surface area (Å²) in [6.07, 6.45) is 4.34. The highest BCUT2D eigenvalue weighted by atomic mass is 32.1. The van der Waals surface area contributed by atoms with Crippen LogP contribution in [0.4, 0.5) is 0 Å². The van der Waals surface area contributed by atoms with Crippen LogP contribution in [0, 0.1) is 0 Å². The first kappa shape index (κ1) is 7.06. The summed E-state index contributed by atoms with van der Waals surface area (Å²) in [7, 11) is 0. The van der Waals surface area contributed by atoms with Crippen molar-refractivity contribution in [3.05, 3.63) is 11.1 Å². The lowest BCUT2D eigenvalue weighted by Crippen LogP contribution is -1.93. The molecule has 1 aliphatic carbocycles. The van der Waals surface area contributed by atoms with Crippen molar-refractivity contribution in [3.63, 3.8) is 0 Å². The van der Waals surface area contributed by atoms with Gasteiger partial charge in [-0.25, -0.2) is 4.98 Å². The Hall–Kier alpha value is -0.610. The minimum Gasteiger partial charge on any atom is -0.467 e. The molecule has 0 amide bonds. The third kappa shape index (κ3) is 1.70. The summed E-state index contributed by atoms with van der Waals surface area (Å²) in [5, 5.41) is 9.41. The lowest BCUT2D eigenvalue weighted by molar-refractivity contribution is 0.285. The molecule has 1 saturated carbocycles. The van der Waals surface area contributed by atoms with Crippen LogP contribution in [0.15, 0.2) is 6.20 Å². The molecule has 1 N–H and O–H groups in total. The number of hydrogen-bond donors (Lipinski definition) is 1. The minimum atomic E-state index is 0.0612. The molecule has 4 heteroatoms. The van der Waals surface area contributed by atoms with E-state index in [0.29, 0.717) is 11.3 Å². The maximum atomic E-state index is 8.72. The molecule has 1 aromatic rings. The van der Waals surface area contributed by atoms with Gasteiger partial charge < -0.3 is 9.84 Å². The Labute approximate surface area is 68.7 Å². The van der Waals surface area contributed by atoms with E-state index < -0.39 is 0 Å². The lowest BCUT2D eigenvalue weighted by Gasteiger charge is -1.95. The summed E-state index contributed by atoms with van der Waals surface area (Å²) in [5.74, 6) is 0. The second-order valence-corrected chi connectivity index (χ2v) is 3.65. The van der Waals surface area contributed by atoms with Gasteiger partial charge in [-0.1, -0.05) is 11.3 Å². The first-order chi connectivity index (χ1) is 5.38. The number of nitrogens with zero attached hydrogens (tertiary/aromatic N) is 1. The minimum absolute atomic E-state index is 0.0612. The Balaban J connectivity index is 1.99. The zero-order valence-electron chi connectivity index (χ0n) is 5.99. The van der Waals surface area contributed by atoms with E-state index in [9.17, 15) is 0 Å². The quantitative estimate of drug-likeness (QED) is 0.742. The van der Waals surface area contributed by atoms with E-state index in [1.165, 1.54) is 11.3 Å². The van der Waals surface area contributed by atoms with Gasteiger partial charge in [0.25, 0.3) is 5.19 Å². The maximum absolute atomic E-state index is 8.72. The zero-order valence-corrected chi connectivity index (χ0v) is 6.80. The molecule has 1 aliphatic rings. The number of aliphatic hydroxyl groups excluding tert-OH is 1. The van der Waals surface area contributed by atoms with Gasteiger partial charge in [-0.15, -0.1) is 0 Å². The van der Waals surface area contributed by atoms with Gasteiger partial charge in [-0.05, 0) is 12.8 Å². The van der Waals surface area contributed by atoms with Crippen molar-refractivity contribution in [3.8, 4) is 5.19 Å². The van der Waals surface area contributed by atoms with Gasteiger partial charge in [0.1, 0.15) is 6.10 Å². The first-order valence-electron chi connectivity index (χ1n) is 3.60. The van der Waals surface area contributed by atoms with Gasteiger partial charge in [0.2, 0.25) is 0 Å². The molecule has 0 atom stereocenters. The number of hydrogen-bond acceptors (Lipinski definition) is 4. The fourth-order valence-electron chi connectivity index (χ4n) is 0.746. The van der Waals surface area contributed by atoms with Gasteiger partial charge >= 0.3 is 0 Å². The smallest absolute Gasteiger partial charge is 0.273 e. The summed E-state index contributed by atoms with van der Waals surface area (Å²) in [6, 6.07) is 0. The predicted molar refractivity (Wildman–Crippen MR) is 41.7 cm³/mol. The average molecular weight is 171 g/mol. The van der Waals surface area contributed by atoms with E-state index in [1.807, 2.05) is 0 Å². The Kier molecular flexibility index (Phi) is 1.79. The number of aliphatic hydroxyl groups is 1. The van der Waals surface area contributed by atoms with Crippen LogP contribution in [-0.2, 0) is 6.61 Å². The second kappa shape index (κ2) is 2.79. The van der Waals surface area contributed by atoms with Crippen LogP contribution in [0.3, 0.4) is 0 Å². The van der Waals surface area contributed by atoms with Crippen LogP contribution in [0.2, 0.25) is 0 Å². The normalized spacial score (nSPS) is 16.8. The first-order valence-corrected chi connectivity index (χ1v) is 4.42. The number of ether oxygens (including phenoxy) is 1. The summed E-state index contributed by atoms with van der Waals surface area (Å²) >= 11 is 1.42. The highest BCUT2D eigenvalue weighted by molar-refractivity contribution is 7.13. The zero-order chi connectivity index (χ0) is 7.68. The molecule has 60 valence electrons. The van der Waals surface area contributed by atoms with E-state index in [1.54, 1.807) is 6.20 Å². The van der Waals surface area contributed by atoms with Gasteiger partial charge in [0.05, 0.1) is 11.5 Å². The Morgan fingerprint density at radius 1 is 1.73 bits per heavy atom. The third-order valence-corrected chi connectivity index (χ3v) is 2.35. The van der Waals surface area contributed by atoms with Crippen molar-refractivity contribution in [2.24, 2.45) is 0 Å². The summed E-state index contributed by atoms with van der Waals surface area (Å²) in [6.45, 7) is 0.0612. The summed E-state index contributed by atoms with van der Waals surface area (Å²) in [5.41, 5.74) is 0. The summed E-state index contributed by atoms with van der Waals surface area (Å²) in [4.78, 5) is 4.87. The molecule has 1 fully saturated rings. The van der Waals surface area contributed by atoms with E-state index in [-0.39, 0.29) is 6.61 Å². The van der Waals surface area contributed by atoms with E-state index in [2.05, 4.69) is 4.98 Å². The van der Waals surface area contributed by atoms with Crippen molar-refractivity contribution in [1.29, 1.82) is 0 Å². The molecule has 3 nitrogen and oxygen atoms in total. The van der Waals surface area contributed by atoms with Gasteiger partial charge in [-0.3, -0.25) is 0 Å². The Bertz CT molecular complexity index is 244. The lowest BCUT2D eigenvalue weighted by atomic mass is 10.6. The monoisotopic (exact) mass is 171 g/mol.